The first-order chi connectivity index (χ1) is 15.7. The van der Waals surface area contributed by atoms with Crippen molar-refractivity contribution in [3.8, 4) is 22.5 Å². The van der Waals surface area contributed by atoms with Crippen molar-refractivity contribution >= 4 is 5.65 Å². The number of aliphatic hydroxyl groups excluding tert-OH is 1. The Hall–Kier alpha value is -3.84. The standard InChI is InChI=1S/C25H22N6O/c1-15-7-12-22(31-14-21(17-8-9-17)26-25(15)31)23(32)18-10-11-19(16-5-3-2-4-6-16)20(13-18)24-27-29-30-28-24/h2-7,10-14,17,23,32H,8-9H2,1H3,(H,27,28,29,30). The SMILES string of the molecule is Cc1ccc(C(O)c2ccc(-c3ccccc3)c(-c3nn[nH]n3)c2)n2cc(C3CC3)nc12. The Bertz CT molecular complexity index is 1400. The zero-order chi connectivity index (χ0) is 21.7. The Balaban J connectivity index is 1.48. The molecule has 1 atom stereocenters. The van der Waals surface area contributed by atoms with Gasteiger partial charge in [-0.15, -0.1) is 10.2 Å². The Labute approximate surface area is 184 Å². The van der Waals surface area contributed by atoms with Crippen molar-refractivity contribution in [1.82, 2.24) is 30.0 Å². The third-order valence-electron chi connectivity index (χ3n) is 6.17. The maximum absolute atomic E-state index is 11.4. The van der Waals surface area contributed by atoms with Gasteiger partial charge in [0, 0.05) is 17.7 Å². The molecule has 0 bridgehead atoms. The van der Waals surface area contributed by atoms with Gasteiger partial charge in [-0.1, -0.05) is 48.5 Å². The van der Waals surface area contributed by atoms with Crippen LogP contribution in [0.3, 0.4) is 0 Å². The molecule has 32 heavy (non-hydrogen) atoms. The van der Waals surface area contributed by atoms with E-state index in [0.29, 0.717) is 11.7 Å². The molecule has 5 aromatic rings. The Morgan fingerprint density at radius 3 is 2.62 bits per heavy atom. The van der Waals surface area contributed by atoms with Crippen molar-refractivity contribution < 1.29 is 5.11 Å². The number of aryl methyl sites for hydroxylation is 1. The average Bonchev–Trinajstić information content (AvgIpc) is 3.34. The zero-order valence-electron chi connectivity index (χ0n) is 17.6. The molecule has 0 radical (unpaired) electrons. The molecule has 2 aromatic carbocycles. The molecule has 1 fully saturated rings. The molecule has 1 saturated carbocycles. The van der Waals surface area contributed by atoms with Crippen LogP contribution in [0.5, 0.6) is 0 Å². The maximum Gasteiger partial charge on any atom is 0.205 e. The van der Waals surface area contributed by atoms with Crippen molar-refractivity contribution in [3.63, 3.8) is 0 Å². The van der Waals surface area contributed by atoms with E-state index in [4.69, 9.17) is 4.98 Å². The number of nitrogens with one attached hydrogen (secondary N) is 1. The Kier molecular flexibility index (Phi) is 4.36. The number of aromatic nitrogens is 6. The van der Waals surface area contributed by atoms with Crippen molar-refractivity contribution in [1.29, 1.82) is 0 Å². The lowest BCUT2D eigenvalue weighted by Gasteiger charge is -2.17. The number of nitrogens with zero attached hydrogens (tertiary/aromatic N) is 5. The van der Waals surface area contributed by atoms with Crippen LogP contribution in [-0.4, -0.2) is 35.1 Å². The first-order valence-corrected chi connectivity index (χ1v) is 10.8. The van der Waals surface area contributed by atoms with Gasteiger partial charge in [-0.05, 0) is 59.4 Å². The lowest BCUT2D eigenvalue weighted by molar-refractivity contribution is 0.214. The summed E-state index contributed by atoms with van der Waals surface area (Å²) in [7, 11) is 0. The predicted octanol–water partition coefficient (Wildman–Crippen LogP) is 4.45. The first kappa shape index (κ1) is 18.9. The van der Waals surface area contributed by atoms with Gasteiger partial charge in [-0.2, -0.15) is 5.21 Å². The molecule has 0 spiro atoms. The molecule has 1 aliphatic carbocycles. The minimum Gasteiger partial charge on any atom is -0.382 e. The van der Waals surface area contributed by atoms with E-state index in [1.807, 2.05) is 65.1 Å². The number of aliphatic hydroxyl groups is 1. The number of H-pyrrole nitrogens is 1. The second kappa shape index (κ2) is 7.39. The van der Waals surface area contributed by atoms with Crippen molar-refractivity contribution in [2.24, 2.45) is 0 Å². The number of tetrazole rings is 1. The number of hydrogen-bond acceptors (Lipinski definition) is 5. The van der Waals surface area contributed by atoms with E-state index in [9.17, 15) is 5.11 Å². The highest BCUT2D eigenvalue weighted by Crippen LogP contribution is 2.40. The minimum atomic E-state index is -0.824. The van der Waals surface area contributed by atoms with Gasteiger partial charge in [0.25, 0.3) is 0 Å². The maximum atomic E-state index is 11.4. The summed E-state index contributed by atoms with van der Waals surface area (Å²) >= 11 is 0. The summed E-state index contributed by atoms with van der Waals surface area (Å²) < 4.78 is 2.03. The van der Waals surface area contributed by atoms with Gasteiger partial charge < -0.3 is 9.51 Å². The largest absolute Gasteiger partial charge is 0.382 e. The number of hydrogen-bond donors (Lipinski definition) is 2. The van der Waals surface area contributed by atoms with Gasteiger partial charge in [0.05, 0.1) is 11.4 Å². The van der Waals surface area contributed by atoms with Gasteiger partial charge in [-0.25, -0.2) is 4.98 Å². The molecule has 0 aliphatic heterocycles. The number of benzene rings is 2. The molecule has 3 aromatic heterocycles. The fourth-order valence-corrected chi connectivity index (χ4v) is 4.27. The quantitative estimate of drug-likeness (QED) is 0.437. The number of rotatable bonds is 5. The topological polar surface area (TPSA) is 92.0 Å². The minimum absolute atomic E-state index is 0.491. The number of imidazole rings is 1. The van der Waals surface area contributed by atoms with Crippen LogP contribution in [0.2, 0.25) is 0 Å². The molecule has 7 heteroatoms. The zero-order valence-corrected chi connectivity index (χ0v) is 17.6. The van der Waals surface area contributed by atoms with E-state index in [1.165, 1.54) is 12.8 Å². The van der Waals surface area contributed by atoms with Gasteiger partial charge >= 0.3 is 0 Å². The summed E-state index contributed by atoms with van der Waals surface area (Å²) in [5.41, 5.74) is 7.51. The monoisotopic (exact) mass is 422 g/mol. The lowest BCUT2D eigenvalue weighted by Crippen LogP contribution is -2.07. The summed E-state index contributed by atoms with van der Waals surface area (Å²) in [6.07, 6.45) is 3.64. The molecule has 7 nitrogen and oxygen atoms in total. The number of pyridine rings is 1. The third kappa shape index (κ3) is 3.18. The van der Waals surface area contributed by atoms with Crippen LogP contribution < -0.4 is 0 Å². The highest BCUT2D eigenvalue weighted by atomic mass is 16.3. The molecule has 1 aliphatic rings. The van der Waals surface area contributed by atoms with E-state index in [2.05, 4.69) is 33.7 Å². The smallest absolute Gasteiger partial charge is 0.205 e. The average molecular weight is 422 g/mol. The molecule has 158 valence electrons. The molecule has 2 N–H and O–H groups in total. The highest BCUT2D eigenvalue weighted by molar-refractivity contribution is 5.81. The summed E-state index contributed by atoms with van der Waals surface area (Å²) in [5.74, 6) is 1.04. The predicted molar refractivity (Wildman–Crippen MR) is 121 cm³/mol. The second-order valence-electron chi connectivity index (χ2n) is 8.38. The normalized spacial score (nSPS) is 14.7. The van der Waals surface area contributed by atoms with Crippen LogP contribution in [0.1, 0.15) is 47.4 Å². The molecule has 3 heterocycles. The second-order valence-corrected chi connectivity index (χ2v) is 8.38. The summed E-state index contributed by atoms with van der Waals surface area (Å²) in [6.45, 7) is 2.05. The lowest BCUT2D eigenvalue weighted by atomic mass is 9.94. The van der Waals surface area contributed by atoms with Crippen molar-refractivity contribution in [3.05, 3.63) is 89.4 Å². The van der Waals surface area contributed by atoms with E-state index in [1.54, 1.807) is 0 Å². The van der Waals surface area contributed by atoms with Crippen LogP contribution in [0.4, 0.5) is 0 Å². The van der Waals surface area contributed by atoms with Gasteiger partial charge in [0.15, 0.2) is 0 Å². The van der Waals surface area contributed by atoms with Gasteiger partial charge in [0.2, 0.25) is 5.82 Å². The van der Waals surface area contributed by atoms with E-state index in [-0.39, 0.29) is 0 Å². The van der Waals surface area contributed by atoms with E-state index < -0.39 is 6.10 Å². The Morgan fingerprint density at radius 2 is 1.88 bits per heavy atom. The van der Waals surface area contributed by atoms with E-state index in [0.717, 1.165) is 44.9 Å². The van der Waals surface area contributed by atoms with Crippen LogP contribution in [0.15, 0.2) is 66.9 Å². The van der Waals surface area contributed by atoms with Gasteiger partial charge in [-0.3, -0.25) is 0 Å². The van der Waals surface area contributed by atoms with Crippen LogP contribution in [0, 0.1) is 6.92 Å². The number of aromatic amines is 1. The van der Waals surface area contributed by atoms with Crippen LogP contribution in [-0.2, 0) is 0 Å². The first-order valence-electron chi connectivity index (χ1n) is 10.8. The molecule has 0 saturated heterocycles. The van der Waals surface area contributed by atoms with Crippen LogP contribution >= 0.6 is 0 Å². The number of fused-ring (bicyclic) bond motifs is 1. The highest BCUT2D eigenvalue weighted by Gasteiger charge is 2.27. The van der Waals surface area contributed by atoms with Crippen molar-refractivity contribution in [2.75, 3.05) is 0 Å². The molecular weight excluding hydrogens is 400 g/mol. The summed E-state index contributed by atoms with van der Waals surface area (Å²) in [6, 6.07) is 20.0. The molecular formula is C25H22N6O. The van der Waals surface area contributed by atoms with E-state index >= 15 is 0 Å². The molecule has 0 amide bonds. The Morgan fingerprint density at radius 1 is 1.03 bits per heavy atom. The van der Waals surface area contributed by atoms with Gasteiger partial charge in [0.1, 0.15) is 11.8 Å². The fourth-order valence-electron chi connectivity index (χ4n) is 4.27. The molecule has 1 unspecified atom stereocenters. The van der Waals surface area contributed by atoms with Crippen molar-refractivity contribution in [2.45, 2.75) is 31.8 Å². The third-order valence-corrected chi connectivity index (χ3v) is 6.17. The van der Waals surface area contributed by atoms with Crippen LogP contribution in [0.25, 0.3) is 28.2 Å². The summed E-state index contributed by atoms with van der Waals surface area (Å²) in [4.78, 5) is 4.84. The fraction of sp³-hybridized carbons (Fsp3) is 0.200. The summed E-state index contributed by atoms with van der Waals surface area (Å²) in [5, 5.41) is 26.1. The molecule has 6 rings (SSSR count).